The van der Waals surface area contributed by atoms with Gasteiger partial charge in [0.2, 0.25) is 0 Å². The molecule has 4 nitrogen and oxygen atoms in total. The van der Waals surface area contributed by atoms with Crippen molar-refractivity contribution < 1.29 is 0 Å². The van der Waals surface area contributed by atoms with Gasteiger partial charge < -0.3 is 5.73 Å². The molecule has 5 heteroatoms. The summed E-state index contributed by atoms with van der Waals surface area (Å²) in [6.07, 6.45) is 1.47. The second-order valence-electron chi connectivity index (χ2n) is 2.62. The Hall–Kier alpha value is -1.52. The molecule has 2 rings (SSSR count). The van der Waals surface area contributed by atoms with Gasteiger partial charge in [-0.15, -0.1) is 0 Å². The van der Waals surface area contributed by atoms with Crippen LogP contribution in [0.3, 0.4) is 0 Å². The number of nitrogens with zero attached hydrogens (tertiary/aromatic N) is 3. The second-order valence-corrected chi connectivity index (χ2v) is 2.62. The summed E-state index contributed by atoms with van der Waals surface area (Å²) < 4.78 is 1.82. The number of nitrogen functional groups attached to an aromatic ring is 1. The maximum Gasteiger partial charge on any atom is 0.179 e. The largest absolute Gasteiger partial charge is 0.382 e. The Morgan fingerprint density at radius 1 is 1.50 bits per heavy atom. The average molecular weight is 160 g/mol. The molecule has 0 atom stereocenters. The number of anilines is 1. The van der Waals surface area contributed by atoms with Crippen LogP contribution in [0.1, 0.15) is 0 Å². The van der Waals surface area contributed by atoms with Gasteiger partial charge in [-0.2, -0.15) is 5.10 Å². The zero-order chi connectivity index (χ0) is 8.55. The van der Waals surface area contributed by atoms with Crippen molar-refractivity contribution in [2.24, 2.45) is 0 Å². The molecule has 0 aliphatic carbocycles. The van der Waals surface area contributed by atoms with Crippen LogP contribution >= 0.6 is 0 Å². The lowest BCUT2D eigenvalue weighted by molar-refractivity contribution is 0.928. The minimum Gasteiger partial charge on any atom is -0.382 e. The molecular weight excluding hydrogens is 151 g/mol. The molecule has 12 heavy (non-hydrogen) atoms. The highest BCUT2D eigenvalue weighted by Crippen LogP contribution is 2.05. The van der Waals surface area contributed by atoms with Gasteiger partial charge in [0.15, 0.2) is 13.1 Å². The Bertz CT molecular complexity index is 409. The van der Waals surface area contributed by atoms with E-state index in [1.165, 1.54) is 6.33 Å². The van der Waals surface area contributed by atoms with Gasteiger partial charge in [0.05, 0.1) is 0 Å². The van der Waals surface area contributed by atoms with Crippen molar-refractivity contribution in [3.63, 3.8) is 0 Å². The summed E-state index contributed by atoms with van der Waals surface area (Å²) >= 11 is 0. The van der Waals surface area contributed by atoms with Crippen LogP contribution in [0.4, 0.5) is 5.82 Å². The quantitative estimate of drug-likeness (QED) is 0.568. The number of nitrogens with two attached hydrogens (primary N) is 1. The number of hydrogen-bond donors (Lipinski definition) is 1. The third kappa shape index (κ3) is 0.862. The molecule has 2 heterocycles. The normalized spacial score (nSPS) is 10.4. The van der Waals surface area contributed by atoms with E-state index >= 15 is 0 Å². The molecule has 2 N–H and O–H groups in total. The number of fused-ring (bicyclic) bond motifs is 1. The Balaban J connectivity index is 2.80. The fourth-order valence-electron chi connectivity index (χ4n) is 1.27. The van der Waals surface area contributed by atoms with Crippen molar-refractivity contribution in [2.45, 2.75) is 6.82 Å². The lowest BCUT2D eigenvalue weighted by atomic mass is 9.78. The summed E-state index contributed by atoms with van der Waals surface area (Å²) in [6.45, 7) is 2.08. The molecule has 0 saturated carbocycles. The third-order valence-corrected chi connectivity index (χ3v) is 1.92. The first-order chi connectivity index (χ1) is 5.83. The van der Waals surface area contributed by atoms with Gasteiger partial charge in [-0.1, -0.05) is 6.82 Å². The van der Waals surface area contributed by atoms with Crippen molar-refractivity contribution >= 4 is 24.2 Å². The van der Waals surface area contributed by atoms with E-state index in [9.17, 15) is 0 Å². The minimum atomic E-state index is 0.532. The molecule has 0 saturated heterocycles. The van der Waals surface area contributed by atoms with Crippen LogP contribution in [0.5, 0.6) is 0 Å². The van der Waals surface area contributed by atoms with Crippen LogP contribution < -0.4 is 11.3 Å². The standard InChI is InChI=1S/C7H9BN4/c1-8-6-3-2-5-7(9)10-4-11-12(5)6/h2-4,8H,1H3,(H2,9,10,11). The van der Waals surface area contributed by atoms with E-state index < -0.39 is 0 Å². The first-order valence-corrected chi connectivity index (χ1v) is 3.90. The summed E-state index contributed by atoms with van der Waals surface area (Å²) in [5.74, 6) is 0.532. The molecule has 2 aromatic rings. The van der Waals surface area contributed by atoms with Crippen LogP contribution in [0, 0.1) is 0 Å². The van der Waals surface area contributed by atoms with Crippen LogP contribution in [-0.4, -0.2) is 21.9 Å². The van der Waals surface area contributed by atoms with Gasteiger partial charge >= 0.3 is 0 Å². The summed E-state index contributed by atoms with van der Waals surface area (Å²) in [7, 11) is 0.949. The zero-order valence-corrected chi connectivity index (χ0v) is 6.86. The number of hydrogen-bond acceptors (Lipinski definition) is 3. The van der Waals surface area contributed by atoms with E-state index in [1.54, 1.807) is 0 Å². The summed E-state index contributed by atoms with van der Waals surface area (Å²) in [4.78, 5) is 3.90. The first kappa shape index (κ1) is 7.15. The monoisotopic (exact) mass is 160 g/mol. The van der Waals surface area contributed by atoms with Crippen molar-refractivity contribution in [1.29, 1.82) is 0 Å². The predicted molar refractivity (Wildman–Crippen MR) is 50.0 cm³/mol. The van der Waals surface area contributed by atoms with Crippen LogP contribution in [0.15, 0.2) is 18.5 Å². The molecule has 0 bridgehead atoms. The van der Waals surface area contributed by atoms with Gasteiger partial charge in [0.1, 0.15) is 11.8 Å². The van der Waals surface area contributed by atoms with Gasteiger partial charge in [-0.3, -0.25) is 0 Å². The first-order valence-electron chi connectivity index (χ1n) is 3.90. The number of aromatic nitrogens is 3. The lowest BCUT2D eigenvalue weighted by Gasteiger charge is -1.98. The molecule has 0 spiro atoms. The molecule has 0 aliphatic rings. The summed E-state index contributed by atoms with van der Waals surface area (Å²) in [5.41, 5.74) is 7.69. The Kier molecular flexibility index (Phi) is 1.50. The van der Waals surface area contributed by atoms with Gasteiger partial charge in [-0.25, -0.2) is 9.50 Å². The SMILES string of the molecule is CBc1ccc2c(N)ncnn12. The summed E-state index contributed by atoms with van der Waals surface area (Å²) in [5, 5.41) is 4.10. The van der Waals surface area contributed by atoms with Crippen molar-refractivity contribution in [2.75, 3.05) is 5.73 Å². The van der Waals surface area contributed by atoms with E-state index in [4.69, 9.17) is 5.73 Å². The highest BCUT2D eigenvalue weighted by Gasteiger charge is 2.03. The minimum absolute atomic E-state index is 0.532. The highest BCUT2D eigenvalue weighted by molar-refractivity contribution is 6.51. The van der Waals surface area contributed by atoms with Crippen LogP contribution in [-0.2, 0) is 0 Å². The van der Waals surface area contributed by atoms with E-state index in [2.05, 4.69) is 16.9 Å². The van der Waals surface area contributed by atoms with E-state index in [0.29, 0.717) is 5.82 Å². The molecule has 0 aliphatic heterocycles. The predicted octanol–water partition coefficient (Wildman–Crippen LogP) is -0.579. The second kappa shape index (κ2) is 2.51. The van der Waals surface area contributed by atoms with Crippen LogP contribution in [0.2, 0.25) is 6.82 Å². The van der Waals surface area contributed by atoms with Gasteiger partial charge in [0.25, 0.3) is 0 Å². The molecule has 0 unspecified atom stereocenters. The van der Waals surface area contributed by atoms with E-state index in [1.807, 2.05) is 16.6 Å². The topological polar surface area (TPSA) is 56.2 Å². The van der Waals surface area contributed by atoms with Crippen LogP contribution in [0.25, 0.3) is 5.52 Å². The molecule has 0 aromatic carbocycles. The Morgan fingerprint density at radius 2 is 2.33 bits per heavy atom. The van der Waals surface area contributed by atoms with E-state index in [-0.39, 0.29) is 0 Å². The fraction of sp³-hybridized carbons (Fsp3) is 0.143. The smallest absolute Gasteiger partial charge is 0.179 e. The fourth-order valence-corrected chi connectivity index (χ4v) is 1.27. The molecule has 0 fully saturated rings. The molecule has 0 amide bonds. The molecule has 0 radical (unpaired) electrons. The highest BCUT2D eigenvalue weighted by atomic mass is 15.2. The van der Waals surface area contributed by atoms with Crippen molar-refractivity contribution in [1.82, 2.24) is 14.6 Å². The number of rotatable bonds is 1. The molecule has 60 valence electrons. The van der Waals surface area contributed by atoms with Crippen molar-refractivity contribution in [3.05, 3.63) is 18.5 Å². The van der Waals surface area contributed by atoms with Gasteiger partial charge in [-0.05, 0) is 12.1 Å². The molecular formula is C7H9BN4. The van der Waals surface area contributed by atoms with E-state index in [0.717, 1.165) is 18.4 Å². The maximum atomic E-state index is 5.65. The maximum absolute atomic E-state index is 5.65. The van der Waals surface area contributed by atoms with Gasteiger partial charge in [0, 0.05) is 5.59 Å². The Labute approximate surface area is 70.6 Å². The third-order valence-electron chi connectivity index (χ3n) is 1.92. The zero-order valence-electron chi connectivity index (χ0n) is 6.86. The average Bonchev–Trinajstić information content (AvgIpc) is 2.49. The molecule has 2 aromatic heterocycles. The Morgan fingerprint density at radius 3 is 3.08 bits per heavy atom. The van der Waals surface area contributed by atoms with Crippen molar-refractivity contribution in [3.8, 4) is 0 Å². The summed E-state index contributed by atoms with van der Waals surface area (Å²) in [6, 6.07) is 3.95. The lowest BCUT2D eigenvalue weighted by Crippen LogP contribution is -2.19.